The Labute approximate surface area is 108 Å². The molecular formula is C13H19ClN2O. The maximum atomic E-state index is 12.1. The van der Waals surface area contributed by atoms with Gasteiger partial charge in [-0.05, 0) is 36.1 Å². The number of carbonyl (C=O) groups excluding carboxylic acids is 1. The number of hydrogen-bond acceptors (Lipinski definition) is 2. The Kier molecular flexibility index (Phi) is 4.40. The first kappa shape index (κ1) is 13.8. The number of rotatable bonds is 1. The molecule has 0 aromatic heterocycles. The van der Waals surface area contributed by atoms with Gasteiger partial charge in [0.25, 0.3) is 5.91 Å². The van der Waals surface area contributed by atoms with Crippen molar-refractivity contribution in [2.45, 2.75) is 13.8 Å². The minimum atomic E-state index is 0. The molecule has 1 fully saturated rings. The molecule has 1 aliphatic rings. The van der Waals surface area contributed by atoms with E-state index in [-0.39, 0.29) is 18.3 Å². The molecule has 2 N–H and O–H groups in total. The van der Waals surface area contributed by atoms with E-state index in [4.69, 9.17) is 5.73 Å². The lowest BCUT2D eigenvalue weighted by Crippen LogP contribution is -2.28. The first-order valence-electron chi connectivity index (χ1n) is 5.72. The van der Waals surface area contributed by atoms with Crippen LogP contribution in [0.2, 0.25) is 0 Å². The van der Waals surface area contributed by atoms with Crippen molar-refractivity contribution in [1.82, 2.24) is 4.90 Å². The Bertz CT molecular complexity index is 381. The molecule has 0 bridgehead atoms. The summed E-state index contributed by atoms with van der Waals surface area (Å²) in [6.45, 7) is 6.12. The van der Waals surface area contributed by atoms with Gasteiger partial charge in [0, 0.05) is 24.3 Å². The van der Waals surface area contributed by atoms with E-state index in [2.05, 4.69) is 13.8 Å². The molecule has 0 spiro atoms. The highest BCUT2D eigenvalue weighted by atomic mass is 35.5. The number of nitrogens with two attached hydrogens (primary N) is 1. The molecule has 3 nitrogen and oxygen atoms in total. The third-order valence-electron chi connectivity index (χ3n) is 3.43. The molecule has 1 aromatic carbocycles. The van der Waals surface area contributed by atoms with Crippen molar-refractivity contribution < 1.29 is 4.79 Å². The second-order valence-corrected chi connectivity index (χ2v) is 4.79. The molecule has 1 aromatic rings. The Balaban J connectivity index is 0.00000144. The van der Waals surface area contributed by atoms with Crippen molar-refractivity contribution in [2.75, 3.05) is 18.8 Å². The van der Waals surface area contributed by atoms with E-state index >= 15 is 0 Å². The number of hydrogen-bond donors (Lipinski definition) is 1. The van der Waals surface area contributed by atoms with E-state index < -0.39 is 0 Å². The average molecular weight is 255 g/mol. The molecule has 17 heavy (non-hydrogen) atoms. The molecule has 1 saturated heterocycles. The highest BCUT2D eigenvalue weighted by molar-refractivity contribution is 5.94. The van der Waals surface area contributed by atoms with Gasteiger partial charge < -0.3 is 10.6 Å². The predicted molar refractivity (Wildman–Crippen MR) is 72.3 cm³/mol. The van der Waals surface area contributed by atoms with Crippen LogP contribution in [0, 0.1) is 11.8 Å². The summed E-state index contributed by atoms with van der Waals surface area (Å²) in [4.78, 5) is 14.1. The van der Waals surface area contributed by atoms with Crippen LogP contribution in [-0.2, 0) is 0 Å². The summed E-state index contributed by atoms with van der Waals surface area (Å²) in [5.41, 5.74) is 7.03. The van der Waals surface area contributed by atoms with E-state index in [1.807, 2.05) is 4.90 Å². The summed E-state index contributed by atoms with van der Waals surface area (Å²) >= 11 is 0. The van der Waals surface area contributed by atoms with E-state index in [0.717, 1.165) is 18.7 Å². The first-order valence-corrected chi connectivity index (χ1v) is 5.72. The minimum absolute atomic E-state index is 0. The van der Waals surface area contributed by atoms with Crippen LogP contribution in [-0.4, -0.2) is 23.9 Å². The van der Waals surface area contributed by atoms with Crippen molar-refractivity contribution in [2.24, 2.45) is 11.8 Å². The number of likely N-dealkylation sites (tertiary alicyclic amines) is 1. The van der Waals surface area contributed by atoms with Crippen LogP contribution in [0.4, 0.5) is 5.69 Å². The van der Waals surface area contributed by atoms with Crippen LogP contribution in [0.1, 0.15) is 24.2 Å². The largest absolute Gasteiger partial charge is 0.399 e. The molecule has 2 atom stereocenters. The van der Waals surface area contributed by atoms with Gasteiger partial charge in [0.05, 0.1) is 0 Å². The molecular weight excluding hydrogens is 236 g/mol. The Hall–Kier alpha value is -1.22. The third-order valence-corrected chi connectivity index (χ3v) is 3.43. The highest BCUT2D eigenvalue weighted by Gasteiger charge is 2.29. The summed E-state index contributed by atoms with van der Waals surface area (Å²) in [6.07, 6.45) is 0. The highest BCUT2D eigenvalue weighted by Crippen LogP contribution is 2.23. The maximum Gasteiger partial charge on any atom is 0.253 e. The lowest BCUT2D eigenvalue weighted by molar-refractivity contribution is 0.0785. The molecule has 1 heterocycles. The minimum Gasteiger partial charge on any atom is -0.399 e. The number of nitrogen functional groups attached to an aromatic ring is 1. The number of benzene rings is 1. The van der Waals surface area contributed by atoms with E-state index in [9.17, 15) is 4.79 Å². The van der Waals surface area contributed by atoms with Gasteiger partial charge in [0.15, 0.2) is 0 Å². The molecule has 1 amide bonds. The second kappa shape index (κ2) is 5.41. The number of nitrogens with zero attached hydrogens (tertiary/aromatic N) is 1. The Morgan fingerprint density at radius 2 is 1.65 bits per heavy atom. The normalized spacial score (nSPS) is 23.3. The molecule has 2 unspecified atom stereocenters. The quantitative estimate of drug-likeness (QED) is 0.783. The molecule has 0 saturated carbocycles. The van der Waals surface area contributed by atoms with Crippen LogP contribution in [0.25, 0.3) is 0 Å². The Morgan fingerprint density at radius 3 is 2.12 bits per heavy atom. The fourth-order valence-corrected chi connectivity index (χ4v) is 2.10. The number of halogens is 1. The molecule has 0 radical (unpaired) electrons. The van der Waals surface area contributed by atoms with Gasteiger partial charge in [0.1, 0.15) is 0 Å². The number of anilines is 1. The number of carbonyl (C=O) groups is 1. The van der Waals surface area contributed by atoms with E-state index in [1.165, 1.54) is 0 Å². The molecule has 4 heteroatoms. The fourth-order valence-electron chi connectivity index (χ4n) is 2.10. The average Bonchev–Trinajstić information content (AvgIpc) is 2.59. The first-order chi connectivity index (χ1) is 7.58. The van der Waals surface area contributed by atoms with E-state index in [0.29, 0.717) is 17.5 Å². The zero-order valence-corrected chi connectivity index (χ0v) is 11.0. The predicted octanol–water partition coefficient (Wildman–Crippen LogP) is 2.42. The van der Waals surface area contributed by atoms with Gasteiger partial charge in [-0.1, -0.05) is 13.8 Å². The van der Waals surface area contributed by atoms with Gasteiger partial charge >= 0.3 is 0 Å². The topological polar surface area (TPSA) is 46.3 Å². The van der Waals surface area contributed by atoms with Gasteiger partial charge in [0.2, 0.25) is 0 Å². The standard InChI is InChI=1S/C13H18N2O.ClH/c1-9-7-15(8-10(9)2)13(16)11-3-5-12(14)6-4-11;/h3-6,9-10H,7-8,14H2,1-2H3;1H. The van der Waals surface area contributed by atoms with Crippen molar-refractivity contribution in [3.63, 3.8) is 0 Å². The van der Waals surface area contributed by atoms with Gasteiger partial charge in [-0.2, -0.15) is 0 Å². The van der Waals surface area contributed by atoms with E-state index in [1.54, 1.807) is 24.3 Å². The van der Waals surface area contributed by atoms with Crippen molar-refractivity contribution >= 4 is 24.0 Å². The lowest BCUT2D eigenvalue weighted by atomic mass is 10.0. The third kappa shape index (κ3) is 2.91. The fraction of sp³-hybridized carbons (Fsp3) is 0.462. The maximum absolute atomic E-state index is 12.1. The summed E-state index contributed by atoms with van der Waals surface area (Å²) in [7, 11) is 0. The summed E-state index contributed by atoms with van der Waals surface area (Å²) in [5, 5.41) is 0. The summed E-state index contributed by atoms with van der Waals surface area (Å²) in [6, 6.07) is 7.14. The van der Waals surface area contributed by atoms with Crippen LogP contribution in [0.15, 0.2) is 24.3 Å². The summed E-state index contributed by atoms with van der Waals surface area (Å²) < 4.78 is 0. The van der Waals surface area contributed by atoms with Crippen LogP contribution in [0.5, 0.6) is 0 Å². The Morgan fingerprint density at radius 1 is 1.18 bits per heavy atom. The second-order valence-electron chi connectivity index (χ2n) is 4.79. The molecule has 1 aliphatic heterocycles. The SMILES string of the molecule is CC1CN(C(=O)c2ccc(N)cc2)CC1C.Cl. The van der Waals surface area contributed by atoms with Gasteiger partial charge in [-0.3, -0.25) is 4.79 Å². The van der Waals surface area contributed by atoms with Crippen LogP contribution < -0.4 is 5.73 Å². The number of amides is 1. The van der Waals surface area contributed by atoms with Crippen LogP contribution >= 0.6 is 12.4 Å². The smallest absolute Gasteiger partial charge is 0.253 e. The molecule has 2 rings (SSSR count). The zero-order chi connectivity index (χ0) is 11.7. The monoisotopic (exact) mass is 254 g/mol. The summed E-state index contributed by atoms with van der Waals surface area (Å²) in [5.74, 6) is 1.31. The zero-order valence-electron chi connectivity index (χ0n) is 10.2. The molecule has 94 valence electrons. The van der Waals surface area contributed by atoms with Gasteiger partial charge in [-0.25, -0.2) is 0 Å². The van der Waals surface area contributed by atoms with Crippen molar-refractivity contribution in [3.05, 3.63) is 29.8 Å². The lowest BCUT2D eigenvalue weighted by Gasteiger charge is -2.16. The van der Waals surface area contributed by atoms with Crippen molar-refractivity contribution in [1.29, 1.82) is 0 Å². The van der Waals surface area contributed by atoms with Gasteiger partial charge in [-0.15, -0.1) is 12.4 Å². The van der Waals surface area contributed by atoms with Crippen LogP contribution in [0.3, 0.4) is 0 Å². The molecule has 0 aliphatic carbocycles. The van der Waals surface area contributed by atoms with Crippen molar-refractivity contribution in [3.8, 4) is 0 Å².